The molecular formula is C23H23O4+. The number of aryl methyl sites for hydroxylation is 2. The smallest absolute Gasteiger partial charge is 0.343 e. The van der Waals surface area contributed by atoms with Gasteiger partial charge in [-0.25, -0.2) is 4.79 Å². The zero-order valence-electron chi connectivity index (χ0n) is 15.8. The van der Waals surface area contributed by atoms with Gasteiger partial charge >= 0.3 is 5.97 Å². The zero-order valence-corrected chi connectivity index (χ0v) is 15.8. The van der Waals surface area contributed by atoms with E-state index in [1.165, 1.54) is 7.11 Å². The highest BCUT2D eigenvalue weighted by atomic mass is 16.7. The molecule has 0 spiro atoms. The molecule has 0 aromatic heterocycles. The molecular weight excluding hydrogens is 340 g/mol. The molecule has 3 rings (SSSR count). The van der Waals surface area contributed by atoms with Crippen LogP contribution in [0, 0.1) is 13.8 Å². The van der Waals surface area contributed by atoms with Crippen molar-refractivity contribution in [3.05, 3.63) is 83.9 Å². The molecule has 0 unspecified atom stereocenters. The summed E-state index contributed by atoms with van der Waals surface area (Å²) in [5.74, 6) is 3.23. The van der Waals surface area contributed by atoms with Gasteiger partial charge in [0, 0.05) is 47.5 Å². The molecule has 0 aliphatic carbocycles. The van der Waals surface area contributed by atoms with Gasteiger partial charge in [-0.15, -0.1) is 0 Å². The normalized spacial score (nSPS) is 10.3. The van der Waals surface area contributed by atoms with Crippen LogP contribution in [0.4, 0.5) is 0 Å². The average Bonchev–Trinajstić information content (AvgIpc) is 2.69. The summed E-state index contributed by atoms with van der Waals surface area (Å²) in [4.78, 5) is 11.4. The van der Waals surface area contributed by atoms with Crippen LogP contribution in [0.3, 0.4) is 0 Å². The first kappa shape index (κ1) is 18.5. The molecule has 4 nitrogen and oxygen atoms in total. The first-order valence-corrected chi connectivity index (χ1v) is 8.75. The predicted molar refractivity (Wildman–Crippen MR) is 106 cm³/mol. The molecule has 0 N–H and O–H groups in total. The number of carbonyl (C=O) groups excluding carboxylic acids is 1. The van der Waals surface area contributed by atoms with E-state index < -0.39 is 5.97 Å². The molecule has 0 radical (unpaired) electrons. The molecule has 0 amide bonds. The van der Waals surface area contributed by atoms with Crippen molar-refractivity contribution in [1.82, 2.24) is 0 Å². The summed E-state index contributed by atoms with van der Waals surface area (Å²) in [6.45, 7) is 3.83. The van der Waals surface area contributed by atoms with E-state index in [-0.39, 0.29) is 6.61 Å². The van der Waals surface area contributed by atoms with Gasteiger partial charge < -0.3 is 13.8 Å². The molecule has 3 aromatic carbocycles. The Morgan fingerprint density at radius 2 is 1.30 bits per heavy atom. The molecule has 0 atom stereocenters. The third-order valence-corrected chi connectivity index (χ3v) is 4.19. The van der Waals surface area contributed by atoms with E-state index >= 15 is 0 Å². The SMILES string of the molecule is COC(=O)COc1c(C)cc([O+](c2ccccc2)c2ccccc2)cc1C. The number of ether oxygens (including phenoxy) is 2. The van der Waals surface area contributed by atoms with E-state index in [2.05, 4.69) is 9.10 Å². The molecule has 4 heteroatoms. The van der Waals surface area contributed by atoms with Gasteiger partial charge in [0.05, 0.1) is 7.11 Å². The Bertz CT molecular complexity index is 842. The minimum atomic E-state index is -0.401. The first-order chi connectivity index (χ1) is 13.1. The molecule has 27 heavy (non-hydrogen) atoms. The van der Waals surface area contributed by atoms with Crippen molar-refractivity contribution < 1.29 is 18.6 Å². The van der Waals surface area contributed by atoms with E-state index in [1.807, 2.05) is 86.6 Å². The minimum Gasteiger partial charge on any atom is -0.499 e. The summed E-state index contributed by atoms with van der Waals surface area (Å²) in [5.41, 5.74) is 1.89. The van der Waals surface area contributed by atoms with Crippen LogP contribution in [0.25, 0.3) is 0 Å². The van der Waals surface area contributed by atoms with Gasteiger partial charge in [0.1, 0.15) is 5.75 Å². The van der Waals surface area contributed by atoms with Crippen molar-refractivity contribution in [2.45, 2.75) is 13.8 Å². The molecule has 0 bridgehead atoms. The van der Waals surface area contributed by atoms with Crippen molar-refractivity contribution in [1.29, 1.82) is 0 Å². The maximum Gasteiger partial charge on any atom is 0.343 e. The van der Waals surface area contributed by atoms with E-state index in [9.17, 15) is 4.79 Å². The number of carbonyl (C=O) groups is 1. The third kappa shape index (κ3) is 4.29. The Hall–Kier alpha value is -3.27. The lowest BCUT2D eigenvalue weighted by atomic mass is 10.1. The fraction of sp³-hybridized carbons (Fsp3) is 0.174. The molecule has 0 aliphatic rings. The Balaban J connectivity index is 2.02. The fourth-order valence-electron chi connectivity index (χ4n) is 2.97. The largest absolute Gasteiger partial charge is 0.499 e. The second-order valence-electron chi connectivity index (χ2n) is 6.18. The molecule has 0 saturated carbocycles. The number of hydrogen-bond donors (Lipinski definition) is 0. The molecule has 0 fully saturated rings. The van der Waals surface area contributed by atoms with Crippen molar-refractivity contribution in [3.63, 3.8) is 0 Å². The van der Waals surface area contributed by atoms with Crippen LogP contribution >= 0.6 is 0 Å². The lowest BCUT2D eigenvalue weighted by Gasteiger charge is -2.23. The number of para-hydroxylation sites is 2. The summed E-state index contributed by atoms with van der Waals surface area (Å²) in [7, 11) is 1.35. The van der Waals surface area contributed by atoms with Crippen LogP contribution < -0.4 is 9.10 Å². The molecule has 0 aliphatic heterocycles. The van der Waals surface area contributed by atoms with Crippen molar-refractivity contribution in [2.75, 3.05) is 13.7 Å². The lowest BCUT2D eigenvalue weighted by Crippen LogP contribution is -2.14. The number of methoxy groups -OCH3 is 1. The summed E-state index contributed by atoms with van der Waals surface area (Å²) >= 11 is 0. The van der Waals surface area contributed by atoms with E-state index in [4.69, 9.17) is 4.74 Å². The van der Waals surface area contributed by atoms with Crippen LogP contribution in [0.1, 0.15) is 11.1 Å². The second-order valence-corrected chi connectivity index (χ2v) is 6.18. The molecule has 3 aromatic rings. The van der Waals surface area contributed by atoms with Crippen molar-refractivity contribution in [3.8, 4) is 23.0 Å². The van der Waals surface area contributed by atoms with E-state index in [0.717, 1.165) is 28.4 Å². The van der Waals surface area contributed by atoms with Gasteiger partial charge in [-0.05, 0) is 13.8 Å². The third-order valence-electron chi connectivity index (χ3n) is 4.19. The summed E-state index contributed by atoms with van der Waals surface area (Å²) in [6.07, 6.45) is 0. The second kappa shape index (κ2) is 8.41. The van der Waals surface area contributed by atoms with Crippen LogP contribution in [-0.2, 0) is 9.53 Å². The Kier molecular flexibility index (Phi) is 5.77. The Morgan fingerprint density at radius 3 is 1.74 bits per heavy atom. The maximum atomic E-state index is 11.4. The van der Waals surface area contributed by atoms with Gasteiger partial charge in [0.15, 0.2) is 6.61 Å². The fourth-order valence-corrected chi connectivity index (χ4v) is 2.97. The highest BCUT2D eigenvalue weighted by Gasteiger charge is 2.22. The Labute approximate surface area is 159 Å². The number of benzene rings is 3. The number of esters is 1. The van der Waals surface area contributed by atoms with Crippen LogP contribution in [0.5, 0.6) is 23.0 Å². The number of rotatable bonds is 6. The molecule has 0 heterocycles. The summed E-state index contributed by atoms with van der Waals surface area (Å²) in [5, 5.41) is 0. The van der Waals surface area contributed by atoms with Crippen molar-refractivity contribution in [2.24, 2.45) is 0 Å². The van der Waals surface area contributed by atoms with Crippen LogP contribution in [0.2, 0.25) is 0 Å². The average molecular weight is 363 g/mol. The minimum absolute atomic E-state index is 0.105. The summed E-state index contributed by atoms with van der Waals surface area (Å²) < 4.78 is 13.5. The topological polar surface area (TPSA) is 38.2 Å². The van der Waals surface area contributed by atoms with Crippen LogP contribution in [0.15, 0.2) is 72.8 Å². The van der Waals surface area contributed by atoms with Gasteiger partial charge in [-0.1, -0.05) is 36.4 Å². The van der Waals surface area contributed by atoms with Gasteiger partial charge in [-0.2, -0.15) is 0 Å². The van der Waals surface area contributed by atoms with Crippen molar-refractivity contribution >= 4 is 5.97 Å². The Morgan fingerprint density at radius 1 is 0.815 bits per heavy atom. The zero-order chi connectivity index (χ0) is 19.2. The van der Waals surface area contributed by atoms with Gasteiger partial charge in [0.2, 0.25) is 0 Å². The van der Waals surface area contributed by atoms with E-state index in [0.29, 0.717) is 5.75 Å². The number of hydrogen-bond acceptors (Lipinski definition) is 3. The van der Waals surface area contributed by atoms with Gasteiger partial charge in [0.25, 0.3) is 17.2 Å². The quantitative estimate of drug-likeness (QED) is 0.423. The highest BCUT2D eigenvalue weighted by molar-refractivity contribution is 5.71. The summed E-state index contributed by atoms with van der Waals surface area (Å²) in [6, 6.07) is 24.3. The van der Waals surface area contributed by atoms with Gasteiger partial charge in [-0.3, -0.25) is 0 Å². The maximum absolute atomic E-state index is 11.4. The van der Waals surface area contributed by atoms with E-state index in [1.54, 1.807) is 0 Å². The predicted octanol–water partition coefficient (Wildman–Crippen LogP) is 5.60. The first-order valence-electron chi connectivity index (χ1n) is 8.75. The highest BCUT2D eigenvalue weighted by Crippen LogP contribution is 2.41. The standard InChI is InChI=1S/C23H23O4/c1-17-14-21(15-18(2)23(17)26-16-22(24)25-3)27(19-10-6-4-7-11-19)20-12-8-5-9-13-20/h4-15H,16H2,1-3H3/q+1. The molecule has 0 saturated heterocycles. The lowest BCUT2D eigenvalue weighted by molar-refractivity contribution is -0.142. The monoisotopic (exact) mass is 363 g/mol. The molecule has 138 valence electrons. The van der Waals surface area contributed by atoms with Crippen LogP contribution in [-0.4, -0.2) is 19.7 Å².